The van der Waals surface area contributed by atoms with Crippen molar-refractivity contribution in [3.8, 4) is 0 Å². The Morgan fingerprint density at radius 1 is 1.21 bits per heavy atom. The molecule has 2 heteroatoms. The van der Waals surface area contributed by atoms with Crippen LogP contribution in [-0.4, -0.2) is 18.5 Å². The zero-order valence-electron chi connectivity index (χ0n) is 8.32. The molecule has 1 aromatic carbocycles. The second-order valence-corrected chi connectivity index (χ2v) is 4.75. The van der Waals surface area contributed by atoms with Gasteiger partial charge in [0.2, 0.25) is 0 Å². The van der Waals surface area contributed by atoms with Gasteiger partial charge in [0.25, 0.3) is 0 Å². The van der Waals surface area contributed by atoms with Crippen molar-refractivity contribution in [1.82, 2.24) is 0 Å². The molecule has 1 aliphatic carbocycles. The Morgan fingerprint density at radius 3 is 2.64 bits per heavy atom. The molecular weight excluding hydrogens is 192 g/mol. The molecular formula is C12H16OS. The molecule has 2 rings (SSSR count). The minimum absolute atomic E-state index is 0.575. The standard InChI is InChI=1S/C12H16OS/c1-2-7-12(8-3-1)14-10-9-13-11-5-4-6-11/h1-3,7-8,11H,4-6,9-10H2. The summed E-state index contributed by atoms with van der Waals surface area (Å²) in [5, 5.41) is 0. The van der Waals surface area contributed by atoms with Crippen molar-refractivity contribution in [2.24, 2.45) is 0 Å². The third-order valence-electron chi connectivity index (χ3n) is 2.50. The number of benzene rings is 1. The topological polar surface area (TPSA) is 9.23 Å². The molecule has 76 valence electrons. The maximum atomic E-state index is 5.68. The molecule has 0 N–H and O–H groups in total. The van der Waals surface area contributed by atoms with Crippen LogP contribution in [0.4, 0.5) is 0 Å². The van der Waals surface area contributed by atoms with E-state index >= 15 is 0 Å². The number of rotatable bonds is 5. The summed E-state index contributed by atoms with van der Waals surface area (Å²) in [7, 11) is 0. The summed E-state index contributed by atoms with van der Waals surface area (Å²) >= 11 is 1.87. The van der Waals surface area contributed by atoms with E-state index in [1.54, 1.807) is 0 Å². The van der Waals surface area contributed by atoms with Crippen molar-refractivity contribution < 1.29 is 4.74 Å². The highest BCUT2D eigenvalue weighted by Crippen LogP contribution is 2.23. The molecule has 0 saturated heterocycles. The van der Waals surface area contributed by atoms with Gasteiger partial charge in [0.1, 0.15) is 0 Å². The highest BCUT2D eigenvalue weighted by Gasteiger charge is 2.16. The van der Waals surface area contributed by atoms with Gasteiger partial charge in [-0.2, -0.15) is 0 Å². The first-order valence-electron chi connectivity index (χ1n) is 5.24. The summed E-state index contributed by atoms with van der Waals surface area (Å²) in [6.45, 7) is 0.893. The second kappa shape index (κ2) is 5.42. The normalized spacial score (nSPS) is 16.6. The van der Waals surface area contributed by atoms with Crippen LogP contribution < -0.4 is 0 Å². The molecule has 0 heterocycles. The van der Waals surface area contributed by atoms with Crippen LogP contribution in [0.25, 0.3) is 0 Å². The second-order valence-electron chi connectivity index (χ2n) is 3.59. The first kappa shape index (κ1) is 10.1. The van der Waals surface area contributed by atoms with Crippen molar-refractivity contribution in [3.05, 3.63) is 30.3 Å². The van der Waals surface area contributed by atoms with Crippen molar-refractivity contribution in [1.29, 1.82) is 0 Å². The predicted octanol–water partition coefficient (Wildman–Crippen LogP) is 3.35. The number of hydrogen-bond acceptors (Lipinski definition) is 2. The lowest BCUT2D eigenvalue weighted by molar-refractivity contribution is 0.0115. The van der Waals surface area contributed by atoms with E-state index in [-0.39, 0.29) is 0 Å². The summed E-state index contributed by atoms with van der Waals surface area (Å²) < 4.78 is 5.68. The van der Waals surface area contributed by atoms with Crippen LogP contribution in [0.15, 0.2) is 35.2 Å². The quantitative estimate of drug-likeness (QED) is 0.542. The van der Waals surface area contributed by atoms with E-state index in [2.05, 4.69) is 30.3 Å². The number of ether oxygens (including phenoxy) is 1. The molecule has 1 aliphatic rings. The summed E-state index contributed by atoms with van der Waals surface area (Å²) in [6, 6.07) is 10.5. The molecule has 0 atom stereocenters. The van der Waals surface area contributed by atoms with Gasteiger partial charge in [-0.25, -0.2) is 0 Å². The van der Waals surface area contributed by atoms with Crippen LogP contribution in [-0.2, 0) is 4.74 Å². The predicted molar refractivity (Wildman–Crippen MR) is 60.8 cm³/mol. The van der Waals surface area contributed by atoms with Crippen LogP contribution >= 0.6 is 11.8 Å². The Hall–Kier alpha value is -0.470. The molecule has 0 radical (unpaired) electrons. The van der Waals surface area contributed by atoms with Crippen LogP contribution in [0.2, 0.25) is 0 Å². The smallest absolute Gasteiger partial charge is 0.0575 e. The molecule has 0 unspecified atom stereocenters. The van der Waals surface area contributed by atoms with E-state index in [0.717, 1.165) is 12.4 Å². The van der Waals surface area contributed by atoms with E-state index in [1.807, 2.05) is 11.8 Å². The van der Waals surface area contributed by atoms with Crippen LogP contribution in [0, 0.1) is 0 Å². The lowest BCUT2D eigenvalue weighted by Crippen LogP contribution is -2.22. The van der Waals surface area contributed by atoms with Crippen molar-refractivity contribution >= 4 is 11.8 Å². The van der Waals surface area contributed by atoms with Crippen molar-refractivity contribution in [2.75, 3.05) is 12.4 Å². The molecule has 0 bridgehead atoms. The molecule has 1 saturated carbocycles. The summed E-state index contributed by atoms with van der Waals surface area (Å²) in [4.78, 5) is 1.34. The fourth-order valence-electron chi connectivity index (χ4n) is 1.43. The Balaban J connectivity index is 1.58. The average Bonchev–Trinajstić information content (AvgIpc) is 2.16. The largest absolute Gasteiger partial charge is 0.377 e. The highest BCUT2D eigenvalue weighted by molar-refractivity contribution is 7.99. The highest BCUT2D eigenvalue weighted by atomic mass is 32.2. The molecule has 0 spiro atoms. The fourth-order valence-corrected chi connectivity index (χ4v) is 2.19. The van der Waals surface area contributed by atoms with Gasteiger partial charge in [0.15, 0.2) is 0 Å². The summed E-state index contributed by atoms with van der Waals surface area (Å²) in [5.74, 6) is 1.07. The van der Waals surface area contributed by atoms with Crippen LogP contribution in [0.3, 0.4) is 0 Å². The molecule has 0 aliphatic heterocycles. The fraction of sp³-hybridized carbons (Fsp3) is 0.500. The number of hydrogen-bond donors (Lipinski definition) is 0. The van der Waals surface area contributed by atoms with Gasteiger partial charge >= 0.3 is 0 Å². The lowest BCUT2D eigenvalue weighted by Gasteiger charge is -2.25. The first-order chi connectivity index (χ1) is 6.95. The Morgan fingerprint density at radius 2 is 2.00 bits per heavy atom. The first-order valence-corrected chi connectivity index (χ1v) is 6.23. The molecule has 1 fully saturated rings. The molecule has 0 amide bonds. The van der Waals surface area contributed by atoms with E-state index < -0.39 is 0 Å². The van der Waals surface area contributed by atoms with Gasteiger partial charge in [-0.15, -0.1) is 11.8 Å². The Kier molecular flexibility index (Phi) is 3.90. The van der Waals surface area contributed by atoms with Gasteiger partial charge < -0.3 is 4.74 Å². The number of thioether (sulfide) groups is 1. The maximum Gasteiger partial charge on any atom is 0.0575 e. The third-order valence-corrected chi connectivity index (χ3v) is 3.48. The third kappa shape index (κ3) is 3.03. The molecule has 0 aromatic heterocycles. The van der Waals surface area contributed by atoms with E-state index in [1.165, 1.54) is 24.2 Å². The zero-order chi connectivity index (χ0) is 9.64. The van der Waals surface area contributed by atoms with Gasteiger partial charge in [0.05, 0.1) is 12.7 Å². The summed E-state index contributed by atoms with van der Waals surface area (Å²) in [5.41, 5.74) is 0. The lowest BCUT2D eigenvalue weighted by atomic mass is 9.96. The SMILES string of the molecule is c1ccc(SCCOC2CCC2)cc1. The van der Waals surface area contributed by atoms with Gasteiger partial charge in [0, 0.05) is 10.6 Å². The maximum absolute atomic E-state index is 5.68. The minimum Gasteiger partial charge on any atom is -0.377 e. The van der Waals surface area contributed by atoms with Crippen LogP contribution in [0.1, 0.15) is 19.3 Å². The van der Waals surface area contributed by atoms with Gasteiger partial charge in [-0.05, 0) is 31.4 Å². The molecule has 14 heavy (non-hydrogen) atoms. The van der Waals surface area contributed by atoms with E-state index in [9.17, 15) is 0 Å². The van der Waals surface area contributed by atoms with E-state index in [0.29, 0.717) is 6.10 Å². The molecule has 1 nitrogen and oxygen atoms in total. The van der Waals surface area contributed by atoms with Gasteiger partial charge in [-0.1, -0.05) is 18.2 Å². The van der Waals surface area contributed by atoms with Crippen molar-refractivity contribution in [2.45, 2.75) is 30.3 Å². The monoisotopic (exact) mass is 208 g/mol. The van der Waals surface area contributed by atoms with Gasteiger partial charge in [-0.3, -0.25) is 0 Å². The minimum atomic E-state index is 0.575. The van der Waals surface area contributed by atoms with Crippen molar-refractivity contribution in [3.63, 3.8) is 0 Å². The van der Waals surface area contributed by atoms with Crippen LogP contribution in [0.5, 0.6) is 0 Å². The van der Waals surface area contributed by atoms with E-state index in [4.69, 9.17) is 4.74 Å². The zero-order valence-corrected chi connectivity index (χ0v) is 9.13. The Labute approximate surface area is 89.9 Å². The molecule has 1 aromatic rings. The summed E-state index contributed by atoms with van der Waals surface area (Å²) in [6.07, 6.45) is 4.48. The average molecular weight is 208 g/mol. The Bertz CT molecular complexity index is 256.